The number of likely N-dealkylation sites (tertiary alicyclic amines) is 1. The third kappa shape index (κ3) is 6.55. The van der Waals surface area contributed by atoms with E-state index in [1.54, 1.807) is 17.0 Å². The molecule has 3 N–H and O–H groups in total. The topological polar surface area (TPSA) is 130 Å². The van der Waals surface area contributed by atoms with Gasteiger partial charge in [0.25, 0.3) is 11.8 Å². The highest BCUT2D eigenvalue weighted by atomic mass is 35.5. The molecule has 188 valence electrons. The molecule has 11 heteroatoms. The van der Waals surface area contributed by atoms with Gasteiger partial charge in [0.05, 0.1) is 38.1 Å². The van der Waals surface area contributed by atoms with Crippen LogP contribution < -0.4 is 19.6 Å². The highest BCUT2D eigenvalue weighted by molar-refractivity contribution is 6.32. The molecule has 10 nitrogen and oxygen atoms in total. The molecule has 0 radical (unpaired) electrons. The Kier molecular flexibility index (Phi) is 9.16. The third-order valence-corrected chi connectivity index (χ3v) is 5.87. The first-order valence-corrected chi connectivity index (χ1v) is 11.4. The number of amides is 2. The van der Waals surface area contributed by atoms with Crippen LogP contribution >= 0.6 is 11.6 Å². The molecule has 1 aliphatic heterocycles. The van der Waals surface area contributed by atoms with E-state index in [9.17, 15) is 19.8 Å². The monoisotopic (exact) mass is 505 g/mol. The summed E-state index contributed by atoms with van der Waals surface area (Å²) in [5.74, 6) is 0.00932. The zero-order chi connectivity index (χ0) is 25.4. The van der Waals surface area contributed by atoms with Crippen LogP contribution in [0.25, 0.3) is 0 Å². The minimum Gasteiger partial charge on any atom is -0.506 e. The fourth-order valence-corrected chi connectivity index (χ4v) is 3.91. The van der Waals surface area contributed by atoms with Gasteiger partial charge in [0.2, 0.25) is 5.75 Å². The number of hydrogen-bond donors (Lipinski definition) is 3. The average Bonchev–Trinajstić information content (AvgIpc) is 2.88. The molecule has 1 aliphatic rings. The molecule has 2 aromatic carbocycles. The summed E-state index contributed by atoms with van der Waals surface area (Å²) in [6.07, 6.45) is 4.02. The van der Waals surface area contributed by atoms with Crippen molar-refractivity contribution in [3.8, 4) is 23.0 Å². The van der Waals surface area contributed by atoms with Gasteiger partial charge in [-0.05, 0) is 49.6 Å². The molecule has 0 aromatic heterocycles. The predicted octanol–water partition coefficient (Wildman–Crippen LogP) is 2.58. The summed E-state index contributed by atoms with van der Waals surface area (Å²) in [6.45, 7) is 0.268. The maximum absolute atomic E-state index is 12.7. The van der Waals surface area contributed by atoms with Crippen LogP contribution in [0.4, 0.5) is 0 Å². The van der Waals surface area contributed by atoms with E-state index in [4.69, 9.17) is 25.8 Å². The Labute approximate surface area is 208 Å². The van der Waals surface area contributed by atoms with Crippen molar-refractivity contribution in [2.45, 2.75) is 25.3 Å². The maximum atomic E-state index is 12.7. The van der Waals surface area contributed by atoms with Crippen LogP contribution in [-0.4, -0.2) is 73.2 Å². The Balaban J connectivity index is 1.69. The number of halogens is 1. The van der Waals surface area contributed by atoms with Gasteiger partial charge in [-0.25, -0.2) is 5.43 Å². The number of rotatable bonds is 9. The van der Waals surface area contributed by atoms with E-state index < -0.39 is 5.91 Å². The number of benzene rings is 2. The fourth-order valence-electron chi connectivity index (χ4n) is 3.73. The summed E-state index contributed by atoms with van der Waals surface area (Å²) in [4.78, 5) is 26.6. The summed E-state index contributed by atoms with van der Waals surface area (Å²) >= 11 is 5.83. The quantitative estimate of drug-likeness (QED) is 0.352. The van der Waals surface area contributed by atoms with E-state index >= 15 is 0 Å². The number of aliphatic hydroxyl groups is 1. The summed E-state index contributed by atoms with van der Waals surface area (Å²) in [7, 11) is 2.90. The van der Waals surface area contributed by atoms with Crippen LogP contribution in [0.1, 0.15) is 35.2 Å². The molecule has 2 amide bonds. The normalized spacial score (nSPS) is 15.7. The number of phenolic OH excluding ortho intramolecular Hbond substituents is 1. The van der Waals surface area contributed by atoms with Crippen molar-refractivity contribution in [3.05, 3.63) is 46.5 Å². The number of hydrazone groups is 1. The number of hydrogen-bond acceptors (Lipinski definition) is 8. The number of carbonyl (C=O) groups is 2. The first-order valence-electron chi connectivity index (χ1n) is 11.0. The molecular weight excluding hydrogens is 478 g/mol. The Bertz CT molecular complexity index is 1070. The van der Waals surface area contributed by atoms with Gasteiger partial charge in [-0.15, -0.1) is 0 Å². The van der Waals surface area contributed by atoms with Crippen molar-refractivity contribution in [2.24, 2.45) is 5.10 Å². The minimum absolute atomic E-state index is 0.0531. The number of phenols is 1. The number of methoxy groups -OCH3 is 2. The van der Waals surface area contributed by atoms with Crippen molar-refractivity contribution < 1.29 is 34.0 Å². The molecule has 1 atom stereocenters. The van der Waals surface area contributed by atoms with Gasteiger partial charge >= 0.3 is 0 Å². The van der Waals surface area contributed by atoms with Crippen molar-refractivity contribution in [3.63, 3.8) is 0 Å². The number of aliphatic hydroxyl groups excluding tert-OH is 1. The largest absolute Gasteiger partial charge is 0.506 e. The van der Waals surface area contributed by atoms with E-state index in [0.29, 0.717) is 23.6 Å². The van der Waals surface area contributed by atoms with Crippen molar-refractivity contribution in [1.82, 2.24) is 10.3 Å². The molecule has 0 spiro atoms. The molecule has 1 fully saturated rings. The van der Waals surface area contributed by atoms with E-state index in [-0.39, 0.29) is 47.2 Å². The molecule has 1 saturated heterocycles. The lowest BCUT2D eigenvalue weighted by molar-refractivity contribution is -0.138. The van der Waals surface area contributed by atoms with E-state index in [0.717, 1.165) is 19.3 Å². The number of carbonyl (C=O) groups excluding carboxylic acids is 2. The Morgan fingerprint density at radius 2 is 1.91 bits per heavy atom. The zero-order valence-corrected chi connectivity index (χ0v) is 20.2. The van der Waals surface area contributed by atoms with Crippen molar-refractivity contribution in [1.29, 1.82) is 0 Å². The van der Waals surface area contributed by atoms with Crippen LogP contribution in [0.15, 0.2) is 35.4 Å². The SMILES string of the molecule is COc1cc(C=NNC(=O)c2ccc(O)c(Cl)c2)cc(OC)c1OCC(=O)N1CCCCC1CO. The second-order valence-corrected chi connectivity index (χ2v) is 8.24. The fraction of sp³-hybridized carbons (Fsp3) is 0.375. The summed E-state index contributed by atoms with van der Waals surface area (Å²) in [5, 5.41) is 23.0. The predicted molar refractivity (Wildman–Crippen MR) is 130 cm³/mol. The van der Waals surface area contributed by atoms with Gasteiger partial charge in [0, 0.05) is 17.7 Å². The maximum Gasteiger partial charge on any atom is 0.271 e. The molecule has 2 aromatic rings. The minimum atomic E-state index is -0.514. The molecular formula is C24H28ClN3O7. The van der Waals surface area contributed by atoms with Crippen molar-refractivity contribution in [2.75, 3.05) is 34.0 Å². The highest BCUT2D eigenvalue weighted by Crippen LogP contribution is 2.38. The smallest absolute Gasteiger partial charge is 0.271 e. The van der Waals surface area contributed by atoms with Crippen molar-refractivity contribution >= 4 is 29.6 Å². The van der Waals surface area contributed by atoms with Crippen LogP contribution in [0.3, 0.4) is 0 Å². The standard InChI is InChI=1S/C24H28ClN3O7/c1-33-20-9-15(12-26-27-24(32)16-6-7-19(30)18(25)11-16)10-21(34-2)23(20)35-14-22(31)28-8-4-3-5-17(28)13-29/h6-7,9-12,17,29-30H,3-5,8,13-14H2,1-2H3,(H,27,32). The van der Waals surface area contributed by atoms with Crippen LogP contribution in [0.2, 0.25) is 5.02 Å². The average molecular weight is 506 g/mol. The molecule has 1 heterocycles. The molecule has 0 aliphatic carbocycles. The Hall–Kier alpha value is -3.50. The second-order valence-electron chi connectivity index (χ2n) is 7.83. The number of nitrogens with zero attached hydrogens (tertiary/aromatic N) is 2. The molecule has 0 saturated carbocycles. The highest BCUT2D eigenvalue weighted by Gasteiger charge is 2.27. The van der Waals surface area contributed by atoms with Gasteiger partial charge < -0.3 is 29.3 Å². The first kappa shape index (κ1) is 26.1. The lowest BCUT2D eigenvalue weighted by Gasteiger charge is -2.34. The molecule has 0 bridgehead atoms. The van der Waals surface area contributed by atoms with E-state index in [2.05, 4.69) is 10.5 Å². The third-order valence-electron chi connectivity index (χ3n) is 5.57. The molecule has 1 unspecified atom stereocenters. The van der Waals surface area contributed by atoms with Gasteiger partial charge in [0.1, 0.15) is 5.75 Å². The van der Waals surface area contributed by atoms with E-state index in [1.165, 1.54) is 38.6 Å². The number of nitrogens with one attached hydrogen (secondary N) is 1. The number of aromatic hydroxyl groups is 1. The first-order chi connectivity index (χ1) is 16.9. The Morgan fingerprint density at radius 3 is 2.54 bits per heavy atom. The lowest BCUT2D eigenvalue weighted by Crippen LogP contribution is -2.47. The zero-order valence-electron chi connectivity index (χ0n) is 19.5. The summed E-state index contributed by atoms with van der Waals surface area (Å²) in [6, 6.07) is 7.09. The van der Waals surface area contributed by atoms with Crippen LogP contribution in [-0.2, 0) is 4.79 Å². The van der Waals surface area contributed by atoms with Crippen LogP contribution in [0.5, 0.6) is 23.0 Å². The Morgan fingerprint density at radius 1 is 1.20 bits per heavy atom. The summed E-state index contributed by atoms with van der Waals surface area (Å²) < 4.78 is 16.6. The van der Waals surface area contributed by atoms with Gasteiger partial charge in [-0.3, -0.25) is 9.59 Å². The molecule has 35 heavy (non-hydrogen) atoms. The van der Waals surface area contributed by atoms with E-state index in [1.807, 2.05) is 0 Å². The number of ether oxygens (including phenoxy) is 3. The number of piperidine rings is 1. The van der Waals surface area contributed by atoms with Gasteiger partial charge in [-0.1, -0.05) is 11.6 Å². The van der Waals surface area contributed by atoms with Gasteiger partial charge in [-0.2, -0.15) is 5.10 Å². The summed E-state index contributed by atoms with van der Waals surface area (Å²) in [5.41, 5.74) is 3.14. The van der Waals surface area contributed by atoms with Crippen LogP contribution in [0, 0.1) is 0 Å². The lowest BCUT2D eigenvalue weighted by atomic mass is 10.0. The second kappa shape index (κ2) is 12.3. The van der Waals surface area contributed by atoms with Gasteiger partial charge in [0.15, 0.2) is 18.1 Å². The molecule has 3 rings (SSSR count).